The van der Waals surface area contributed by atoms with Crippen molar-refractivity contribution in [1.82, 2.24) is 19.5 Å². The van der Waals surface area contributed by atoms with Gasteiger partial charge in [-0.25, -0.2) is 9.97 Å². The number of nitrogens with two attached hydrogens (primary N) is 1. The Balaban J connectivity index is 1.34. The molecule has 1 aliphatic rings. The first-order valence-electron chi connectivity index (χ1n) is 9.39. The number of aromatic nitrogens is 4. The Morgan fingerprint density at radius 3 is 2.77 bits per heavy atom. The molecular formula is C20H17Cl2N5O4. The number of hydrogen-bond donors (Lipinski definition) is 3. The molecule has 0 amide bonds. The second kappa shape index (κ2) is 7.77. The van der Waals surface area contributed by atoms with Crippen LogP contribution in [0.2, 0.25) is 10.0 Å². The number of ether oxygens (including phenoxy) is 2. The predicted molar refractivity (Wildman–Crippen MR) is 115 cm³/mol. The van der Waals surface area contributed by atoms with E-state index in [2.05, 4.69) is 15.0 Å². The number of rotatable bonds is 4. The van der Waals surface area contributed by atoms with E-state index in [1.54, 1.807) is 35.0 Å². The molecule has 4 heterocycles. The normalized spacial score (nSPS) is 23.6. The van der Waals surface area contributed by atoms with Gasteiger partial charge in [0.2, 0.25) is 0 Å². The highest BCUT2D eigenvalue weighted by atomic mass is 35.5. The van der Waals surface area contributed by atoms with Gasteiger partial charge in [-0.05, 0) is 18.2 Å². The van der Waals surface area contributed by atoms with Crippen molar-refractivity contribution < 1.29 is 19.7 Å². The fourth-order valence-electron chi connectivity index (χ4n) is 3.68. The summed E-state index contributed by atoms with van der Waals surface area (Å²) in [6, 6.07) is 6.93. The van der Waals surface area contributed by atoms with Crippen molar-refractivity contribution in [3.8, 4) is 5.75 Å². The number of pyridine rings is 1. The molecule has 0 aliphatic carbocycles. The van der Waals surface area contributed by atoms with Gasteiger partial charge in [-0.3, -0.25) is 4.98 Å². The minimum atomic E-state index is -1.18. The van der Waals surface area contributed by atoms with Gasteiger partial charge < -0.3 is 30.0 Å². The zero-order chi connectivity index (χ0) is 21.7. The number of aliphatic hydroxyl groups excluding tert-OH is 2. The van der Waals surface area contributed by atoms with Gasteiger partial charge in [0, 0.05) is 23.8 Å². The molecule has 1 aliphatic heterocycles. The Hall–Kier alpha value is -2.69. The van der Waals surface area contributed by atoms with E-state index < -0.39 is 24.5 Å². The molecule has 1 aromatic carbocycles. The summed E-state index contributed by atoms with van der Waals surface area (Å²) in [7, 11) is 0. The van der Waals surface area contributed by atoms with Gasteiger partial charge in [-0.2, -0.15) is 0 Å². The van der Waals surface area contributed by atoms with Crippen LogP contribution >= 0.6 is 23.2 Å². The molecule has 1 saturated heterocycles. The van der Waals surface area contributed by atoms with Crippen LogP contribution in [0.1, 0.15) is 6.23 Å². The molecular weight excluding hydrogens is 445 g/mol. The van der Waals surface area contributed by atoms with Gasteiger partial charge >= 0.3 is 0 Å². The van der Waals surface area contributed by atoms with E-state index in [0.717, 1.165) is 0 Å². The molecule has 4 atom stereocenters. The molecule has 0 spiro atoms. The molecule has 0 bridgehead atoms. The Morgan fingerprint density at radius 2 is 1.94 bits per heavy atom. The molecule has 0 unspecified atom stereocenters. The van der Waals surface area contributed by atoms with E-state index >= 15 is 0 Å². The van der Waals surface area contributed by atoms with E-state index in [-0.39, 0.29) is 6.61 Å². The number of halogens is 2. The third-order valence-corrected chi connectivity index (χ3v) is 6.09. The molecule has 4 aromatic rings. The third kappa shape index (κ3) is 3.44. The van der Waals surface area contributed by atoms with Gasteiger partial charge in [0.1, 0.15) is 48.5 Å². The summed E-state index contributed by atoms with van der Waals surface area (Å²) >= 11 is 12.2. The Morgan fingerprint density at radius 1 is 1.10 bits per heavy atom. The van der Waals surface area contributed by atoms with Crippen LogP contribution in [0.3, 0.4) is 0 Å². The molecule has 9 nitrogen and oxygen atoms in total. The number of aliphatic hydroxyl groups is 2. The number of nitrogens with zero attached hydrogens (tertiary/aromatic N) is 4. The standard InChI is InChI=1S/C20H17Cl2N5O4/c21-12-6-24-13-5-9(1-2-10(13)15(12)22)30-7-14-16(28)17(29)20(31-14)27-4-3-11-18(23)25-8-26-19(11)27/h1-6,8,14,16-17,20,28-29H,7H2,(H2,23,25,26)/t14-,16-,17-,20-/m1/s1. The van der Waals surface area contributed by atoms with Crippen molar-refractivity contribution in [2.45, 2.75) is 24.5 Å². The maximum atomic E-state index is 10.6. The van der Waals surface area contributed by atoms with Crippen LogP contribution in [0.5, 0.6) is 5.75 Å². The summed E-state index contributed by atoms with van der Waals surface area (Å²) in [5.41, 5.74) is 6.99. The monoisotopic (exact) mass is 461 g/mol. The molecule has 160 valence electrons. The lowest BCUT2D eigenvalue weighted by Gasteiger charge is -2.17. The Kier molecular flexibility index (Phi) is 5.07. The summed E-state index contributed by atoms with van der Waals surface area (Å²) in [6.07, 6.45) is 0.526. The summed E-state index contributed by atoms with van der Waals surface area (Å²) in [5.74, 6) is 0.835. The molecule has 31 heavy (non-hydrogen) atoms. The fourth-order valence-corrected chi connectivity index (χ4v) is 4.04. The van der Waals surface area contributed by atoms with Crippen molar-refractivity contribution in [1.29, 1.82) is 0 Å². The SMILES string of the molecule is Nc1ncnc2c1ccn2[C@@H]1O[C@H](COc2ccc3c(Cl)c(Cl)cnc3c2)[C@@H](O)[C@H]1O. The van der Waals surface area contributed by atoms with Gasteiger partial charge in [0.15, 0.2) is 6.23 Å². The second-order valence-electron chi connectivity index (χ2n) is 7.18. The number of benzene rings is 1. The van der Waals surface area contributed by atoms with Crippen LogP contribution < -0.4 is 10.5 Å². The predicted octanol–water partition coefficient (Wildman–Crippen LogP) is 2.57. The van der Waals surface area contributed by atoms with Crippen LogP contribution in [0.4, 0.5) is 5.82 Å². The topological polar surface area (TPSA) is 129 Å². The number of anilines is 1. The summed E-state index contributed by atoms with van der Waals surface area (Å²) in [6.45, 7) is 0.0118. The lowest BCUT2D eigenvalue weighted by molar-refractivity contribution is -0.0471. The second-order valence-corrected chi connectivity index (χ2v) is 7.96. The molecule has 1 fully saturated rings. The van der Waals surface area contributed by atoms with Crippen molar-refractivity contribution in [2.75, 3.05) is 12.3 Å². The number of hydrogen-bond acceptors (Lipinski definition) is 8. The molecule has 11 heteroatoms. The van der Waals surface area contributed by atoms with Gasteiger partial charge in [0.05, 0.1) is 20.9 Å². The fraction of sp³-hybridized carbons (Fsp3) is 0.250. The van der Waals surface area contributed by atoms with E-state index in [1.807, 2.05) is 0 Å². The van der Waals surface area contributed by atoms with E-state index in [1.165, 1.54) is 12.5 Å². The van der Waals surface area contributed by atoms with Gasteiger partial charge in [-0.15, -0.1) is 0 Å². The maximum absolute atomic E-state index is 10.6. The zero-order valence-corrected chi connectivity index (χ0v) is 17.4. The van der Waals surface area contributed by atoms with Crippen LogP contribution in [0.15, 0.2) is 43.0 Å². The summed E-state index contributed by atoms with van der Waals surface area (Å²) in [4.78, 5) is 12.4. The lowest BCUT2D eigenvalue weighted by atomic mass is 10.1. The zero-order valence-electron chi connectivity index (χ0n) is 15.9. The molecule has 3 aromatic heterocycles. The van der Waals surface area contributed by atoms with Crippen molar-refractivity contribution in [3.63, 3.8) is 0 Å². The van der Waals surface area contributed by atoms with E-state index in [9.17, 15) is 10.2 Å². The largest absolute Gasteiger partial charge is 0.491 e. The van der Waals surface area contributed by atoms with Gasteiger partial charge in [0.25, 0.3) is 0 Å². The highest BCUT2D eigenvalue weighted by molar-refractivity contribution is 6.45. The average Bonchev–Trinajstić information content (AvgIpc) is 3.32. The van der Waals surface area contributed by atoms with E-state index in [4.69, 9.17) is 38.4 Å². The highest BCUT2D eigenvalue weighted by Gasteiger charge is 2.44. The summed E-state index contributed by atoms with van der Waals surface area (Å²) < 4.78 is 13.3. The first-order valence-corrected chi connectivity index (χ1v) is 10.1. The lowest BCUT2D eigenvalue weighted by Crippen LogP contribution is -2.34. The molecule has 0 saturated carbocycles. The van der Waals surface area contributed by atoms with Crippen molar-refractivity contribution in [2.24, 2.45) is 0 Å². The molecule has 5 rings (SSSR count). The van der Waals surface area contributed by atoms with Crippen LogP contribution in [-0.4, -0.2) is 54.7 Å². The van der Waals surface area contributed by atoms with Crippen LogP contribution in [0.25, 0.3) is 21.9 Å². The van der Waals surface area contributed by atoms with Gasteiger partial charge in [-0.1, -0.05) is 23.2 Å². The van der Waals surface area contributed by atoms with Crippen LogP contribution in [-0.2, 0) is 4.74 Å². The Labute approximate surface area is 186 Å². The first kappa shape index (κ1) is 20.2. The summed E-state index contributed by atoms with van der Waals surface area (Å²) in [5, 5.41) is 23.2. The van der Waals surface area contributed by atoms with Crippen molar-refractivity contribution in [3.05, 3.63) is 53.0 Å². The average molecular weight is 462 g/mol. The quantitative estimate of drug-likeness (QED) is 0.422. The molecule has 0 radical (unpaired) electrons. The third-order valence-electron chi connectivity index (χ3n) is 5.30. The van der Waals surface area contributed by atoms with Crippen molar-refractivity contribution >= 4 is 51.0 Å². The Bertz CT molecular complexity index is 1280. The first-order chi connectivity index (χ1) is 14.9. The van der Waals surface area contributed by atoms with E-state index in [0.29, 0.717) is 43.5 Å². The highest BCUT2D eigenvalue weighted by Crippen LogP contribution is 2.34. The number of nitrogen functional groups attached to an aromatic ring is 1. The smallest absolute Gasteiger partial charge is 0.164 e. The minimum Gasteiger partial charge on any atom is -0.491 e. The molecule has 4 N–H and O–H groups in total. The number of fused-ring (bicyclic) bond motifs is 2. The maximum Gasteiger partial charge on any atom is 0.164 e. The van der Waals surface area contributed by atoms with Crippen LogP contribution in [0, 0.1) is 0 Å². The minimum absolute atomic E-state index is 0.0118.